The topological polar surface area (TPSA) is 94.2 Å². The van der Waals surface area contributed by atoms with Gasteiger partial charge in [0.15, 0.2) is 6.61 Å². The maximum atomic E-state index is 12.6. The molecule has 1 saturated heterocycles. The molecular weight excluding hydrogens is 396 g/mol. The van der Waals surface area contributed by atoms with E-state index < -0.39 is 10.0 Å². The highest BCUT2D eigenvalue weighted by atomic mass is 32.2. The first-order chi connectivity index (χ1) is 13.9. The average Bonchev–Trinajstić information content (AvgIpc) is 2.73. The van der Waals surface area contributed by atoms with Crippen molar-refractivity contribution in [1.29, 1.82) is 0 Å². The van der Waals surface area contributed by atoms with Crippen molar-refractivity contribution in [2.45, 2.75) is 11.8 Å². The second kappa shape index (κ2) is 9.15. The second-order valence-electron chi connectivity index (χ2n) is 6.54. The summed E-state index contributed by atoms with van der Waals surface area (Å²) in [4.78, 5) is 14.0. The van der Waals surface area contributed by atoms with Crippen LogP contribution >= 0.6 is 0 Å². The van der Waals surface area contributed by atoms with Crippen LogP contribution in [0.25, 0.3) is 0 Å². The molecule has 0 aromatic heterocycles. The molecule has 1 aliphatic rings. The number of morpholine rings is 1. The van der Waals surface area contributed by atoms with E-state index in [0.717, 1.165) is 0 Å². The summed E-state index contributed by atoms with van der Waals surface area (Å²) in [5.74, 6) is 0.984. The Morgan fingerprint density at radius 1 is 1.14 bits per heavy atom. The molecule has 2 aromatic carbocycles. The molecule has 0 saturated carbocycles. The Balaban J connectivity index is 1.65. The van der Waals surface area contributed by atoms with Gasteiger partial charge in [-0.1, -0.05) is 0 Å². The van der Waals surface area contributed by atoms with E-state index in [-0.39, 0.29) is 17.4 Å². The van der Waals surface area contributed by atoms with E-state index >= 15 is 0 Å². The van der Waals surface area contributed by atoms with Gasteiger partial charge in [-0.25, -0.2) is 8.42 Å². The number of rotatable bonds is 7. The molecule has 0 aliphatic carbocycles. The van der Waals surface area contributed by atoms with Crippen LogP contribution in [0.1, 0.15) is 5.56 Å². The van der Waals surface area contributed by atoms with Gasteiger partial charge in [0.2, 0.25) is 0 Å². The normalized spacial score (nSPS) is 14.3. The van der Waals surface area contributed by atoms with Crippen LogP contribution in [0.5, 0.6) is 11.5 Å². The lowest BCUT2D eigenvalue weighted by Gasteiger charge is -2.26. The molecule has 0 atom stereocenters. The van der Waals surface area contributed by atoms with Crippen LogP contribution in [-0.2, 0) is 19.6 Å². The predicted octanol–water partition coefficient (Wildman–Crippen LogP) is 2.04. The molecule has 9 heteroatoms. The van der Waals surface area contributed by atoms with E-state index in [1.54, 1.807) is 49.3 Å². The van der Waals surface area contributed by atoms with E-state index in [1.165, 1.54) is 12.1 Å². The number of carbonyl (C=O) groups is 1. The first-order valence-electron chi connectivity index (χ1n) is 9.15. The minimum absolute atomic E-state index is 0.100. The summed E-state index contributed by atoms with van der Waals surface area (Å²) in [6.07, 6.45) is 0. The molecule has 1 amide bonds. The van der Waals surface area contributed by atoms with Crippen molar-refractivity contribution in [1.82, 2.24) is 4.90 Å². The van der Waals surface area contributed by atoms with Crippen molar-refractivity contribution >= 4 is 21.6 Å². The van der Waals surface area contributed by atoms with Gasteiger partial charge in [-0.05, 0) is 55.0 Å². The molecule has 1 N–H and O–H groups in total. The van der Waals surface area contributed by atoms with Gasteiger partial charge in [-0.15, -0.1) is 0 Å². The fourth-order valence-corrected chi connectivity index (χ4v) is 4.01. The van der Waals surface area contributed by atoms with Gasteiger partial charge in [-0.2, -0.15) is 0 Å². The molecule has 8 nitrogen and oxygen atoms in total. The number of hydrogen-bond donors (Lipinski definition) is 1. The summed E-state index contributed by atoms with van der Waals surface area (Å²) in [7, 11) is -2.21. The van der Waals surface area contributed by atoms with Gasteiger partial charge >= 0.3 is 0 Å². The summed E-state index contributed by atoms with van der Waals surface area (Å²) in [5, 5.41) is 0. The number of methoxy groups -OCH3 is 1. The molecule has 1 heterocycles. The van der Waals surface area contributed by atoms with Gasteiger partial charge in [0.1, 0.15) is 11.5 Å². The Kier molecular flexibility index (Phi) is 6.60. The largest absolute Gasteiger partial charge is 0.497 e. The standard InChI is InChI=1S/C20H24N2O6S/c1-15-13-18(29(24,25)21-16-3-5-17(26-2)6-4-16)7-8-19(15)28-14-20(23)22-9-11-27-12-10-22/h3-8,13,21H,9-12,14H2,1-2H3. The number of sulfonamides is 1. The third-order valence-electron chi connectivity index (χ3n) is 4.51. The summed E-state index contributed by atoms with van der Waals surface area (Å²) in [6, 6.07) is 11.1. The highest BCUT2D eigenvalue weighted by Crippen LogP contribution is 2.24. The molecular formula is C20H24N2O6S. The Morgan fingerprint density at radius 3 is 2.45 bits per heavy atom. The third-order valence-corrected chi connectivity index (χ3v) is 5.89. The van der Waals surface area contributed by atoms with Gasteiger partial charge < -0.3 is 19.1 Å². The summed E-state index contributed by atoms with van der Waals surface area (Å²) >= 11 is 0. The van der Waals surface area contributed by atoms with Crippen LogP contribution < -0.4 is 14.2 Å². The predicted molar refractivity (Wildman–Crippen MR) is 108 cm³/mol. The zero-order chi connectivity index (χ0) is 20.9. The first-order valence-corrected chi connectivity index (χ1v) is 10.6. The van der Waals surface area contributed by atoms with Crippen molar-refractivity contribution in [3.63, 3.8) is 0 Å². The third kappa shape index (κ3) is 5.39. The molecule has 0 unspecified atom stereocenters. The van der Waals surface area contributed by atoms with Gasteiger partial charge in [0, 0.05) is 18.8 Å². The van der Waals surface area contributed by atoms with Crippen LogP contribution in [0, 0.1) is 6.92 Å². The van der Waals surface area contributed by atoms with Crippen LogP contribution in [0.3, 0.4) is 0 Å². The molecule has 1 aliphatic heterocycles. The van der Waals surface area contributed by atoms with Crippen LogP contribution in [0.15, 0.2) is 47.4 Å². The van der Waals surface area contributed by atoms with E-state index in [9.17, 15) is 13.2 Å². The van der Waals surface area contributed by atoms with Crippen molar-refractivity contribution in [2.75, 3.05) is 44.7 Å². The number of anilines is 1. The summed E-state index contributed by atoms with van der Waals surface area (Å²) < 4.78 is 43.7. The van der Waals surface area contributed by atoms with E-state index in [0.29, 0.717) is 49.1 Å². The highest BCUT2D eigenvalue weighted by molar-refractivity contribution is 7.92. The quantitative estimate of drug-likeness (QED) is 0.737. The smallest absolute Gasteiger partial charge is 0.261 e. The number of nitrogens with one attached hydrogen (secondary N) is 1. The van der Waals surface area contributed by atoms with Gasteiger partial charge in [0.25, 0.3) is 15.9 Å². The Hall–Kier alpha value is -2.78. The van der Waals surface area contributed by atoms with Crippen LogP contribution in [0.2, 0.25) is 0 Å². The molecule has 0 bridgehead atoms. The summed E-state index contributed by atoms with van der Waals surface area (Å²) in [6.45, 7) is 3.79. The molecule has 1 fully saturated rings. The van der Waals surface area contributed by atoms with E-state index in [1.807, 2.05) is 0 Å². The Bertz CT molecular complexity index is 953. The number of benzene rings is 2. The number of carbonyl (C=O) groups excluding carboxylic acids is 1. The Morgan fingerprint density at radius 2 is 1.83 bits per heavy atom. The fraction of sp³-hybridized carbons (Fsp3) is 0.350. The van der Waals surface area contributed by atoms with Gasteiger partial charge in [-0.3, -0.25) is 9.52 Å². The fourth-order valence-electron chi connectivity index (χ4n) is 2.87. The molecule has 0 radical (unpaired) electrons. The zero-order valence-electron chi connectivity index (χ0n) is 16.4. The minimum atomic E-state index is -3.76. The molecule has 0 spiro atoms. The van der Waals surface area contributed by atoms with Crippen molar-refractivity contribution < 1.29 is 27.4 Å². The average molecular weight is 420 g/mol. The molecule has 29 heavy (non-hydrogen) atoms. The van der Waals surface area contributed by atoms with Crippen LogP contribution in [-0.4, -0.2) is 59.2 Å². The monoisotopic (exact) mass is 420 g/mol. The van der Waals surface area contributed by atoms with Crippen LogP contribution in [0.4, 0.5) is 5.69 Å². The van der Waals surface area contributed by atoms with E-state index in [4.69, 9.17) is 14.2 Å². The lowest BCUT2D eigenvalue weighted by atomic mass is 10.2. The second-order valence-corrected chi connectivity index (χ2v) is 8.23. The van der Waals surface area contributed by atoms with Crippen molar-refractivity contribution in [3.8, 4) is 11.5 Å². The highest BCUT2D eigenvalue weighted by Gasteiger charge is 2.19. The number of aryl methyl sites for hydroxylation is 1. The summed E-state index contributed by atoms with van der Waals surface area (Å²) in [5.41, 5.74) is 1.05. The maximum Gasteiger partial charge on any atom is 0.261 e. The number of amides is 1. The number of ether oxygens (including phenoxy) is 3. The lowest BCUT2D eigenvalue weighted by molar-refractivity contribution is -0.137. The Labute approximate surface area is 170 Å². The molecule has 3 rings (SSSR count). The maximum absolute atomic E-state index is 12.6. The molecule has 2 aromatic rings. The van der Waals surface area contributed by atoms with Gasteiger partial charge in [0.05, 0.1) is 25.2 Å². The molecule has 156 valence electrons. The minimum Gasteiger partial charge on any atom is -0.497 e. The number of hydrogen-bond acceptors (Lipinski definition) is 6. The first kappa shape index (κ1) is 20.9. The number of nitrogens with zero attached hydrogens (tertiary/aromatic N) is 1. The van der Waals surface area contributed by atoms with E-state index in [2.05, 4.69) is 4.72 Å². The lowest BCUT2D eigenvalue weighted by Crippen LogP contribution is -2.43. The SMILES string of the molecule is COc1ccc(NS(=O)(=O)c2ccc(OCC(=O)N3CCOCC3)c(C)c2)cc1. The zero-order valence-corrected chi connectivity index (χ0v) is 17.2. The van der Waals surface area contributed by atoms with Crippen molar-refractivity contribution in [2.24, 2.45) is 0 Å². The van der Waals surface area contributed by atoms with Crippen molar-refractivity contribution in [3.05, 3.63) is 48.0 Å².